The summed E-state index contributed by atoms with van der Waals surface area (Å²) in [4.78, 5) is 29.7. The molecule has 2 N–H and O–H groups in total. The maximum Gasteiger partial charge on any atom is 0.409 e. The number of carboxylic acid groups (broad SMARTS) is 1. The average Bonchev–Trinajstić information content (AvgIpc) is 3.19. The SMILES string of the molecule is Cc1nc(-c2nnn(C)c2COC(=O)N(C)CCCCO)ccc1O[C@H]1CCC[C@H](C(=O)O)C1. The Labute approximate surface area is 198 Å². The molecule has 3 rings (SSSR count). The summed E-state index contributed by atoms with van der Waals surface area (Å²) >= 11 is 0. The smallest absolute Gasteiger partial charge is 0.409 e. The highest BCUT2D eigenvalue weighted by atomic mass is 16.6. The Morgan fingerprint density at radius 2 is 2.06 bits per heavy atom. The second-order valence-electron chi connectivity index (χ2n) is 8.64. The number of aromatic nitrogens is 4. The summed E-state index contributed by atoms with van der Waals surface area (Å²) in [6.45, 7) is 2.40. The van der Waals surface area contributed by atoms with Gasteiger partial charge in [-0.2, -0.15) is 0 Å². The van der Waals surface area contributed by atoms with Crippen molar-refractivity contribution in [2.75, 3.05) is 20.2 Å². The van der Waals surface area contributed by atoms with Gasteiger partial charge in [0, 0.05) is 27.2 Å². The highest BCUT2D eigenvalue weighted by Gasteiger charge is 2.28. The maximum atomic E-state index is 12.3. The first-order valence-electron chi connectivity index (χ1n) is 11.5. The first-order valence-corrected chi connectivity index (χ1v) is 11.5. The number of rotatable bonds is 10. The van der Waals surface area contributed by atoms with Crippen molar-refractivity contribution in [3.8, 4) is 17.1 Å². The summed E-state index contributed by atoms with van der Waals surface area (Å²) in [6, 6.07) is 3.58. The summed E-state index contributed by atoms with van der Waals surface area (Å²) in [7, 11) is 3.37. The van der Waals surface area contributed by atoms with Gasteiger partial charge in [-0.15, -0.1) is 5.10 Å². The van der Waals surface area contributed by atoms with Crippen LogP contribution in [0.4, 0.5) is 4.79 Å². The Hall–Kier alpha value is -3.21. The highest BCUT2D eigenvalue weighted by Crippen LogP contribution is 2.30. The minimum atomic E-state index is -0.772. The van der Waals surface area contributed by atoms with E-state index in [0.717, 1.165) is 12.8 Å². The van der Waals surface area contributed by atoms with Crippen LogP contribution in [0.5, 0.6) is 5.75 Å². The molecule has 0 radical (unpaired) electrons. The highest BCUT2D eigenvalue weighted by molar-refractivity contribution is 5.70. The predicted molar refractivity (Wildman–Crippen MR) is 122 cm³/mol. The second kappa shape index (κ2) is 11.8. The summed E-state index contributed by atoms with van der Waals surface area (Å²) in [6.07, 6.45) is 3.51. The number of carbonyl (C=O) groups excluding carboxylic acids is 1. The van der Waals surface area contributed by atoms with E-state index in [2.05, 4.69) is 15.3 Å². The number of carbonyl (C=O) groups is 2. The van der Waals surface area contributed by atoms with Crippen molar-refractivity contribution in [1.29, 1.82) is 0 Å². The summed E-state index contributed by atoms with van der Waals surface area (Å²) in [5.74, 6) is -0.531. The predicted octanol–water partition coefficient (Wildman–Crippen LogP) is 2.55. The lowest BCUT2D eigenvalue weighted by Gasteiger charge is -2.27. The molecule has 1 saturated carbocycles. The van der Waals surface area contributed by atoms with Crippen LogP contribution in [-0.4, -0.2) is 73.5 Å². The number of aliphatic carboxylic acids is 1. The third-order valence-corrected chi connectivity index (χ3v) is 6.04. The molecule has 0 aromatic carbocycles. The lowest BCUT2D eigenvalue weighted by Crippen LogP contribution is -2.29. The molecule has 0 bridgehead atoms. The van der Waals surface area contributed by atoms with E-state index in [1.807, 2.05) is 6.92 Å². The molecule has 1 aliphatic carbocycles. The van der Waals surface area contributed by atoms with Crippen LogP contribution in [0.1, 0.15) is 49.9 Å². The minimum Gasteiger partial charge on any atom is -0.489 e. The van der Waals surface area contributed by atoms with Gasteiger partial charge in [0.15, 0.2) is 0 Å². The molecule has 1 amide bonds. The third kappa shape index (κ3) is 6.43. The zero-order valence-electron chi connectivity index (χ0n) is 19.9. The largest absolute Gasteiger partial charge is 0.489 e. The van der Waals surface area contributed by atoms with E-state index in [1.165, 1.54) is 4.90 Å². The zero-order valence-corrected chi connectivity index (χ0v) is 19.9. The van der Waals surface area contributed by atoms with E-state index in [9.17, 15) is 14.7 Å². The number of nitrogens with zero attached hydrogens (tertiary/aromatic N) is 5. The minimum absolute atomic E-state index is 0.0142. The van der Waals surface area contributed by atoms with Gasteiger partial charge in [0.05, 0.1) is 23.4 Å². The van der Waals surface area contributed by atoms with Gasteiger partial charge in [-0.05, 0) is 57.6 Å². The monoisotopic (exact) mass is 475 g/mol. The Kier molecular flexibility index (Phi) is 8.80. The Balaban J connectivity index is 1.66. The van der Waals surface area contributed by atoms with Gasteiger partial charge < -0.3 is 24.6 Å². The number of unbranched alkanes of at least 4 members (excludes halogenated alkanes) is 1. The van der Waals surface area contributed by atoms with Crippen LogP contribution in [0.15, 0.2) is 12.1 Å². The maximum absolute atomic E-state index is 12.3. The van der Waals surface area contributed by atoms with Crippen LogP contribution in [-0.2, 0) is 23.2 Å². The van der Waals surface area contributed by atoms with Crippen LogP contribution in [0.3, 0.4) is 0 Å². The number of aliphatic hydroxyl groups excluding tert-OH is 1. The van der Waals surface area contributed by atoms with Crippen molar-refractivity contribution in [2.24, 2.45) is 13.0 Å². The molecule has 1 fully saturated rings. The van der Waals surface area contributed by atoms with Crippen LogP contribution in [0.2, 0.25) is 0 Å². The molecule has 0 saturated heterocycles. The number of hydrogen-bond acceptors (Lipinski definition) is 8. The molecule has 2 atom stereocenters. The molecule has 186 valence electrons. The Morgan fingerprint density at radius 3 is 2.76 bits per heavy atom. The molecule has 2 aromatic rings. The molecule has 1 aliphatic rings. The molecule has 11 nitrogen and oxygen atoms in total. The normalized spacial score (nSPS) is 17.9. The van der Waals surface area contributed by atoms with Crippen LogP contribution >= 0.6 is 0 Å². The van der Waals surface area contributed by atoms with E-state index in [1.54, 1.807) is 30.9 Å². The van der Waals surface area contributed by atoms with Crippen molar-refractivity contribution in [3.63, 3.8) is 0 Å². The van der Waals surface area contributed by atoms with Crippen molar-refractivity contribution < 1.29 is 29.3 Å². The van der Waals surface area contributed by atoms with Crippen molar-refractivity contribution in [2.45, 2.75) is 58.2 Å². The molecular formula is C23H33N5O6. The number of amides is 1. The molecule has 11 heteroatoms. The van der Waals surface area contributed by atoms with E-state index in [4.69, 9.17) is 14.6 Å². The Morgan fingerprint density at radius 1 is 1.26 bits per heavy atom. The van der Waals surface area contributed by atoms with E-state index in [0.29, 0.717) is 60.8 Å². The fourth-order valence-corrected chi connectivity index (χ4v) is 3.99. The van der Waals surface area contributed by atoms with Crippen molar-refractivity contribution in [3.05, 3.63) is 23.5 Å². The van der Waals surface area contributed by atoms with Gasteiger partial charge in [-0.3, -0.25) is 4.79 Å². The lowest BCUT2D eigenvalue weighted by atomic mass is 9.87. The zero-order chi connectivity index (χ0) is 24.7. The van der Waals surface area contributed by atoms with Gasteiger partial charge in [-0.1, -0.05) is 5.21 Å². The Bertz CT molecular complexity index is 994. The number of carboxylic acids is 1. The summed E-state index contributed by atoms with van der Waals surface area (Å²) in [5.41, 5.74) is 2.35. The fourth-order valence-electron chi connectivity index (χ4n) is 3.99. The van der Waals surface area contributed by atoms with Crippen LogP contribution < -0.4 is 4.74 Å². The average molecular weight is 476 g/mol. The summed E-state index contributed by atoms with van der Waals surface area (Å²) < 4.78 is 13.1. The summed E-state index contributed by atoms with van der Waals surface area (Å²) in [5, 5.41) is 26.4. The van der Waals surface area contributed by atoms with Gasteiger partial charge in [-0.25, -0.2) is 14.5 Å². The number of aryl methyl sites for hydroxylation is 2. The first kappa shape index (κ1) is 25.4. The van der Waals surface area contributed by atoms with E-state index in [-0.39, 0.29) is 25.2 Å². The van der Waals surface area contributed by atoms with Crippen molar-refractivity contribution in [1.82, 2.24) is 24.9 Å². The molecule has 2 heterocycles. The first-order chi connectivity index (χ1) is 16.3. The molecule has 0 unspecified atom stereocenters. The topological polar surface area (TPSA) is 140 Å². The van der Waals surface area contributed by atoms with Gasteiger partial charge in [0.25, 0.3) is 0 Å². The van der Waals surface area contributed by atoms with Crippen LogP contribution in [0, 0.1) is 12.8 Å². The number of hydrogen-bond donors (Lipinski definition) is 2. The molecular weight excluding hydrogens is 442 g/mol. The number of pyridine rings is 1. The number of ether oxygens (including phenoxy) is 2. The van der Waals surface area contributed by atoms with Crippen molar-refractivity contribution >= 4 is 12.1 Å². The second-order valence-corrected chi connectivity index (χ2v) is 8.64. The lowest BCUT2D eigenvalue weighted by molar-refractivity contribution is -0.143. The van der Waals surface area contributed by atoms with Crippen LogP contribution in [0.25, 0.3) is 11.4 Å². The standard InChI is InChI=1S/C23H33N5O6/c1-15-20(34-17-8-6-7-16(13-17)22(30)31)10-9-18(24-15)21-19(28(3)26-25-21)14-33-23(32)27(2)11-4-5-12-29/h9-10,16-17,29H,4-8,11-14H2,1-3H3,(H,30,31)/t16-,17-/m0/s1. The van der Waals surface area contributed by atoms with Gasteiger partial charge >= 0.3 is 12.1 Å². The van der Waals surface area contributed by atoms with Gasteiger partial charge in [0.1, 0.15) is 23.7 Å². The van der Waals surface area contributed by atoms with Gasteiger partial charge in [0.2, 0.25) is 0 Å². The fraction of sp³-hybridized carbons (Fsp3) is 0.609. The van der Waals surface area contributed by atoms with E-state index >= 15 is 0 Å². The quantitative estimate of drug-likeness (QED) is 0.496. The van der Waals surface area contributed by atoms with E-state index < -0.39 is 12.1 Å². The molecule has 34 heavy (non-hydrogen) atoms. The molecule has 0 spiro atoms. The molecule has 0 aliphatic heterocycles. The third-order valence-electron chi connectivity index (χ3n) is 6.04. The number of aliphatic hydroxyl groups is 1. The molecule has 2 aromatic heterocycles.